The van der Waals surface area contributed by atoms with E-state index in [0.717, 1.165) is 25.7 Å². The minimum absolute atomic E-state index is 0.0432. The Hall–Kier alpha value is 1.22. The van der Waals surface area contributed by atoms with Crippen molar-refractivity contribution < 1.29 is 0 Å². The van der Waals surface area contributed by atoms with Crippen LogP contribution in [0.2, 0.25) is 0 Å². The van der Waals surface area contributed by atoms with Gasteiger partial charge in [0.1, 0.15) is 9.75 Å². The molecule has 0 aromatic heterocycles. The summed E-state index contributed by atoms with van der Waals surface area (Å²) >= 11 is 39.3. The molecule has 0 saturated heterocycles. The van der Waals surface area contributed by atoms with Gasteiger partial charge in [-0.3, -0.25) is 0 Å². The molecule has 0 aromatic carbocycles. The van der Waals surface area contributed by atoms with E-state index in [9.17, 15) is 0 Å². The normalized spacial score (nSPS) is 49.8. The van der Waals surface area contributed by atoms with Crippen LogP contribution in [0.25, 0.3) is 0 Å². The molecule has 106 valence electrons. The topological polar surface area (TPSA) is 0 Å². The van der Waals surface area contributed by atoms with Crippen molar-refractivity contribution in [3.8, 4) is 0 Å². The molecule has 4 atom stereocenters. The van der Waals surface area contributed by atoms with Crippen LogP contribution in [0.4, 0.5) is 0 Å². The van der Waals surface area contributed by atoms with Crippen LogP contribution < -0.4 is 0 Å². The maximum Gasteiger partial charge on any atom is 0.166 e. The SMILES string of the molecule is ClC1=C(Cl)[C@]2(Cl)[C@@H]3CC/C=C\CC[C@@H]3[C@@]1(Cl)C2(Cl)Cl. The molecule has 1 saturated carbocycles. The summed E-state index contributed by atoms with van der Waals surface area (Å²) < 4.78 is -1.38. The highest BCUT2D eigenvalue weighted by atomic mass is 35.5. The summed E-state index contributed by atoms with van der Waals surface area (Å²) in [4.78, 5) is -2.15. The van der Waals surface area contributed by atoms with Crippen molar-refractivity contribution in [3.63, 3.8) is 0 Å². The number of rotatable bonds is 0. The molecule has 0 radical (unpaired) electrons. The van der Waals surface area contributed by atoms with E-state index in [1.165, 1.54) is 0 Å². The van der Waals surface area contributed by atoms with E-state index in [2.05, 4.69) is 12.2 Å². The van der Waals surface area contributed by atoms with Gasteiger partial charge >= 0.3 is 0 Å². The summed E-state index contributed by atoms with van der Waals surface area (Å²) in [6.45, 7) is 0. The van der Waals surface area contributed by atoms with Crippen LogP contribution in [-0.2, 0) is 0 Å². The molecular formula is C13H12Cl6. The molecule has 0 aromatic rings. The molecule has 3 rings (SSSR count). The third-order valence-electron chi connectivity index (χ3n) is 4.71. The number of hydrogen-bond donors (Lipinski definition) is 0. The number of fused-ring (bicyclic) bond motifs is 5. The van der Waals surface area contributed by atoms with Gasteiger partial charge in [0.25, 0.3) is 0 Å². The molecule has 0 unspecified atom stereocenters. The first-order valence-corrected chi connectivity index (χ1v) is 8.53. The van der Waals surface area contributed by atoms with Gasteiger partial charge in [-0.1, -0.05) is 58.6 Å². The maximum atomic E-state index is 6.78. The average molecular weight is 381 g/mol. The molecule has 0 amide bonds. The summed E-state index contributed by atoms with van der Waals surface area (Å²) in [5, 5.41) is 0.642. The van der Waals surface area contributed by atoms with Crippen LogP contribution in [0.5, 0.6) is 0 Å². The zero-order valence-corrected chi connectivity index (χ0v) is 14.4. The lowest BCUT2D eigenvalue weighted by atomic mass is 9.76. The largest absolute Gasteiger partial charge is 0.166 e. The number of allylic oxidation sites excluding steroid dienone is 4. The molecule has 0 aliphatic heterocycles. The third-order valence-corrected chi connectivity index (χ3v) is 9.06. The highest BCUT2D eigenvalue weighted by molar-refractivity contribution is 6.65. The van der Waals surface area contributed by atoms with Crippen molar-refractivity contribution in [3.05, 3.63) is 22.2 Å². The van der Waals surface area contributed by atoms with Gasteiger partial charge in [0.15, 0.2) is 4.33 Å². The van der Waals surface area contributed by atoms with Gasteiger partial charge in [-0.05, 0) is 37.5 Å². The van der Waals surface area contributed by atoms with Crippen molar-refractivity contribution in [2.24, 2.45) is 11.8 Å². The summed E-state index contributed by atoms with van der Waals surface area (Å²) in [5.41, 5.74) is 0. The fraction of sp³-hybridized carbons (Fsp3) is 0.692. The molecule has 0 heterocycles. The summed E-state index contributed by atoms with van der Waals surface area (Å²) in [6.07, 6.45) is 7.89. The summed E-state index contributed by atoms with van der Waals surface area (Å²) in [5.74, 6) is 0.0863. The Morgan fingerprint density at radius 2 is 1.16 bits per heavy atom. The Balaban J connectivity index is 2.18. The zero-order valence-electron chi connectivity index (χ0n) is 9.91. The van der Waals surface area contributed by atoms with Gasteiger partial charge in [-0.2, -0.15) is 0 Å². The van der Waals surface area contributed by atoms with Crippen LogP contribution in [0.1, 0.15) is 25.7 Å². The van der Waals surface area contributed by atoms with Gasteiger partial charge in [0.05, 0.1) is 10.1 Å². The van der Waals surface area contributed by atoms with E-state index in [0.29, 0.717) is 10.1 Å². The number of halogens is 6. The van der Waals surface area contributed by atoms with Gasteiger partial charge < -0.3 is 0 Å². The second-order valence-corrected chi connectivity index (χ2v) is 8.74. The Kier molecular flexibility index (Phi) is 3.67. The molecule has 0 nitrogen and oxygen atoms in total. The Bertz CT molecular complexity index is 442. The van der Waals surface area contributed by atoms with Crippen LogP contribution in [0.15, 0.2) is 22.2 Å². The lowest BCUT2D eigenvalue weighted by molar-refractivity contribution is 0.289. The number of hydrogen-bond acceptors (Lipinski definition) is 0. The van der Waals surface area contributed by atoms with Crippen molar-refractivity contribution in [2.45, 2.75) is 39.8 Å². The highest BCUT2D eigenvalue weighted by Gasteiger charge is 2.81. The van der Waals surface area contributed by atoms with Crippen molar-refractivity contribution in [1.29, 1.82) is 0 Å². The molecule has 6 heteroatoms. The maximum absolute atomic E-state index is 6.78. The lowest BCUT2D eigenvalue weighted by Crippen LogP contribution is -2.44. The summed E-state index contributed by atoms with van der Waals surface area (Å²) in [7, 11) is 0. The van der Waals surface area contributed by atoms with Crippen molar-refractivity contribution in [2.75, 3.05) is 0 Å². The lowest BCUT2D eigenvalue weighted by Gasteiger charge is -2.37. The van der Waals surface area contributed by atoms with E-state index in [1.807, 2.05) is 0 Å². The molecule has 1 fully saturated rings. The molecule has 2 bridgehead atoms. The predicted molar refractivity (Wildman–Crippen MR) is 84.9 cm³/mol. The van der Waals surface area contributed by atoms with E-state index in [1.54, 1.807) is 0 Å². The van der Waals surface area contributed by atoms with E-state index in [4.69, 9.17) is 69.6 Å². The monoisotopic (exact) mass is 378 g/mol. The smallest absolute Gasteiger partial charge is 0.109 e. The zero-order chi connectivity index (χ0) is 14.1. The minimum atomic E-state index is -1.38. The van der Waals surface area contributed by atoms with Gasteiger partial charge in [-0.25, -0.2) is 0 Å². The molecule has 3 aliphatic rings. The quantitative estimate of drug-likeness (QED) is 0.347. The number of alkyl halides is 4. The second-order valence-electron chi connectivity index (χ2n) is 5.46. The molecule has 19 heavy (non-hydrogen) atoms. The van der Waals surface area contributed by atoms with Crippen LogP contribution in [0, 0.1) is 11.8 Å². The molecule has 3 aliphatic carbocycles. The van der Waals surface area contributed by atoms with Gasteiger partial charge in [0, 0.05) is 0 Å². The van der Waals surface area contributed by atoms with Gasteiger partial charge in [-0.15, -0.1) is 23.2 Å². The fourth-order valence-electron chi connectivity index (χ4n) is 3.79. The Morgan fingerprint density at radius 3 is 1.53 bits per heavy atom. The second kappa shape index (κ2) is 4.61. The average Bonchev–Trinajstić information content (AvgIpc) is 2.50. The third kappa shape index (κ3) is 1.57. The van der Waals surface area contributed by atoms with E-state index >= 15 is 0 Å². The minimum Gasteiger partial charge on any atom is -0.109 e. The first kappa shape index (κ1) is 15.1. The van der Waals surface area contributed by atoms with E-state index < -0.39 is 14.1 Å². The molecular weight excluding hydrogens is 369 g/mol. The predicted octanol–water partition coefficient (Wildman–Crippen LogP) is 6.19. The first-order valence-electron chi connectivity index (χ1n) is 6.26. The van der Waals surface area contributed by atoms with Crippen molar-refractivity contribution in [1.82, 2.24) is 0 Å². The summed E-state index contributed by atoms with van der Waals surface area (Å²) in [6, 6.07) is 0. The first-order chi connectivity index (χ1) is 8.79. The van der Waals surface area contributed by atoms with Crippen LogP contribution in [-0.4, -0.2) is 14.1 Å². The van der Waals surface area contributed by atoms with Crippen molar-refractivity contribution >= 4 is 69.6 Å². The fourth-order valence-corrected chi connectivity index (χ4v) is 6.94. The molecule has 0 N–H and O–H groups in total. The Morgan fingerprint density at radius 1 is 0.789 bits per heavy atom. The van der Waals surface area contributed by atoms with Crippen LogP contribution in [0.3, 0.4) is 0 Å². The van der Waals surface area contributed by atoms with Gasteiger partial charge in [0.2, 0.25) is 0 Å². The Labute approximate surface area is 143 Å². The van der Waals surface area contributed by atoms with Crippen LogP contribution >= 0.6 is 69.6 Å². The van der Waals surface area contributed by atoms with E-state index in [-0.39, 0.29) is 11.8 Å². The molecule has 0 spiro atoms. The highest BCUT2D eigenvalue weighted by Crippen LogP contribution is 2.77. The standard InChI is InChI=1S/C13H12Cl6/c14-9-10(15)12(17)8-6-4-2-1-3-5-7(8)11(9,16)13(12,18)19/h1-2,7-8H,3-6H2/b2-1-/t7-,8+,11-,12+.